The third-order valence-corrected chi connectivity index (χ3v) is 5.64. The number of hydrogen-bond acceptors (Lipinski definition) is 3. The van der Waals surface area contributed by atoms with Crippen LogP contribution in [0.5, 0.6) is 0 Å². The van der Waals surface area contributed by atoms with Crippen molar-refractivity contribution in [1.82, 2.24) is 0 Å². The average Bonchev–Trinajstić information content (AvgIpc) is 2.51. The topological polar surface area (TPSA) is 66.5 Å². The molecule has 25 heavy (non-hydrogen) atoms. The molecule has 2 rings (SSSR count). The Morgan fingerprint density at radius 3 is 2.40 bits per heavy atom. The van der Waals surface area contributed by atoms with Gasteiger partial charge in [-0.25, -0.2) is 8.42 Å². The summed E-state index contributed by atoms with van der Waals surface area (Å²) in [6, 6.07) is 9.93. The molecule has 0 bridgehead atoms. The van der Waals surface area contributed by atoms with E-state index in [9.17, 15) is 13.2 Å². The molecule has 0 unspecified atom stereocenters. The smallest absolute Gasteiger partial charge is 0.245 e. The number of carbonyl (C=O) groups excluding carboxylic acids is 1. The standard InChI is InChI=1S/C17H18Cl2N2O3S/c1-11-5-4-6-16(12(11)2)20-17(22)10-21(25(3,23)24)13-7-8-14(18)15(19)9-13/h4-9H,10H2,1-3H3,(H,20,22). The van der Waals surface area contributed by atoms with E-state index in [1.54, 1.807) is 6.07 Å². The number of halogens is 2. The molecule has 0 heterocycles. The SMILES string of the molecule is Cc1cccc(NC(=O)CN(c2ccc(Cl)c(Cl)c2)S(C)(=O)=O)c1C. The summed E-state index contributed by atoms with van der Waals surface area (Å²) in [5.41, 5.74) is 2.87. The van der Waals surface area contributed by atoms with Crippen LogP contribution in [-0.2, 0) is 14.8 Å². The Kier molecular flexibility index (Phi) is 5.98. The van der Waals surface area contributed by atoms with Gasteiger partial charge in [-0.05, 0) is 49.2 Å². The van der Waals surface area contributed by atoms with Gasteiger partial charge in [0.2, 0.25) is 15.9 Å². The predicted octanol–water partition coefficient (Wildman–Crippen LogP) is 4.01. The van der Waals surface area contributed by atoms with Gasteiger partial charge in [-0.15, -0.1) is 0 Å². The molecule has 1 N–H and O–H groups in total. The number of carbonyl (C=O) groups is 1. The Balaban J connectivity index is 2.27. The molecule has 0 spiro atoms. The molecule has 0 aromatic heterocycles. The molecule has 134 valence electrons. The molecule has 0 saturated heterocycles. The van der Waals surface area contributed by atoms with E-state index < -0.39 is 15.9 Å². The molecule has 8 heteroatoms. The highest BCUT2D eigenvalue weighted by Gasteiger charge is 2.22. The molecular weight excluding hydrogens is 383 g/mol. The monoisotopic (exact) mass is 400 g/mol. The normalized spacial score (nSPS) is 11.2. The Morgan fingerprint density at radius 2 is 1.80 bits per heavy atom. The maximum absolute atomic E-state index is 12.4. The summed E-state index contributed by atoms with van der Waals surface area (Å²) in [7, 11) is -3.68. The highest BCUT2D eigenvalue weighted by Crippen LogP contribution is 2.28. The fraction of sp³-hybridized carbons (Fsp3) is 0.235. The number of sulfonamides is 1. The van der Waals surface area contributed by atoms with Crippen molar-refractivity contribution in [3.63, 3.8) is 0 Å². The minimum atomic E-state index is -3.68. The molecule has 2 aromatic rings. The van der Waals surface area contributed by atoms with Crippen LogP contribution in [0.1, 0.15) is 11.1 Å². The predicted molar refractivity (Wildman–Crippen MR) is 103 cm³/mol. The second-order valence-electron chi connectivity index (χ2n) is 5.66. The minimum absolute atomic E-state index is 0.211. The van der Waals surface area contributed by atoms with Crippen LogP contribution in [0, 0.1) is 13.8 Å². The van der Waals surface area contributed by atoms with E-state index in [4.69, 9.17) is 23.2 Å². The van der Waals surface area contributed by atoms with Gasteiger partial charge in [0.25, 0.3) is 0 Å². The van der Waals surface area contributed by atoms with Gasteiger partial charge >= 0.3 is 0 Å². The third kappa shape index (κ3) is 4.87. The van der Waals surface area contributed by atoms with Crippen molar-refractivity contribution < 1.29 is 13.2 Å². The van der Waals surface area contributed by atoms with Crippen molar-refractivity contribution in [3.8, 4) is 0 Å². The highest BCUT2D eigenvalue weighted by atomic mass is 35.5. The summed E-state index contributed by atoms with van der Waals surface area (Å²) in [6.07, 6.45) is 1.03. The summed E-state index contributed by atoms with van der Waals surface area (Å²) in [4.78, 5) is 12.4. The first-order chi connectivity index (χ1) is 11.6. The Hall–Kier alpha value is -1.76. The average molecular weight is 401 g/mol. The largest absolute Gasteiger partial charge is 0.324 e. The molecular formula is C17H18Cl2N2O3S. The molecule has 0 saturated carbocycles. The van der Waals surface area contributed by atoms with Crippen LogP contribution in [0.25, 0.3) is 0 Å². The van der Waals surface area contributed by atoms with Crippen molar-refractivity contribution in [3.05, 3.63) is 57.6 Å². The van der Waals surface area contributed by atoms with Crippen LogP contribution in [0.3, 0.4) is 0 Å². The first-order valence-corrected chi connectivity index (χ1v) is 9.99. The van der Waals surface area contributed by atoms with Crippen molar-refractivity contribution in [1.29, 1.82) is 0 Å². The van der Waals surface area contributed by atoms with Gasteiger partial charge in [-0.2, -0.15) is 0 Å². The number of benzene rings is 2. The second-order valence-corrected chi connectivity index (χ2v) is 8.38. The number of hydrogen-bond donors (Lipinski definition) is 1. The lowest BCUT2D eigenvalue weighted by Gasteiger charge is -2.22. The number of nitrogens with one attached hydrogen (secondary N) is 1. The van der Waals surface area contributed by atoms with E-state index in [1.165, 1.54) is 18.2 Å². The summed E-state index contributed by atoms with van der Waals surface area (Å²) >= 11 is 11.8. The molecule has 0 aliphatic rings. The fourth-order valence-electron chi connectivity index (χ4n) is 2.25. The van der Waals surface area contributed by atoms with Crippen LogP contribution in [-0.4, -0.2) is 27.1 Å². The molecule has 0 fully saturated rings. The zero-order valence-electron chi connectivity index (χ0n) is 14.0. The van der Waals surface area contributed by atoms with Gasteiger partial charge in [0.1, 0.15) is 6.54 Å². The lowest BCUT2D eigenvalue weighted by Crippen LogP contribution is -2.37. The van der Waals surface area contributed by atoms with Crippen LogP contribution in [0.4, 0.5) is 11.4 Å². The Morgan fingerprint density at radius 1 is 1.12 bits per heavy atom. The molecule has 0 aliphatic carbocycles. The molecule has 0 atom stereocenters. The summed E-state index contributed by atoms with van der Waals surface area (Å²) in [6.45, 7) is 3.45. The number of aryl methyl sites for hydroxylation is 1. The van der Waals surface area contributed by atoms with Gasteiger partial charge in [0.15, 0.2) is 0 Å². The maximum atomic E-state index is 12.4. The van der Waals surface area contributed by atoms with Gasteiger partial charge in [0.05, 0.1) is 22.0 Å². The highest BCUT2D eigenvalue weighted by molar-refractivity contribution is 7.92. The minimum Gasteiger partial charge on any atom is -0.324 e. The van der Waals surface area contributed by atoms with Crippen molar-refractivity contribution in [2.45, 2.75) is 13.8 Å². The van der Waals surface area contributed by atoms with Crippen molar-refractivity contribution in [2.75, 3.05) is 22.4 Å². The number of nitrogens with zero attached hydrogens (tertiary/aromatic N) is 1. The lowest BCUT2D eigenvalue weighted by atomic mass is 10.1. The summed E-state index contributed by atoms with van der Waals surface area (Å²) < 4.78 is 25.2. The van der Waals surface area contributed by atoms with E-state index >= 15 is 0 Å². The first-order valence-electron chi connectivity index (χ1n) is 7.38. The zero-order chi connectivity index (χ0) is 18.8. The number of anilines is 2. The van der Waals surface area contributed by atoms with Gasteiger partial charge < -0.3 is 5.32 Å². The van der Waals surface area contributed by atoms with E-state index in [0.717, 1.165) is 21.7 Å². The Labute approximate surface area is 157 Å². The van der Waals surface area contributed by atoms with Crippen molar-refractivity contribution >= 4 is 50.5 Å². The van der Waals surface area contributed by atoms with Gasteiger partial charge in [-0.3, -0.25) is 9.10 Å². The first kappa shape index (κ1) is 19.6. The molecule has 1 amide bonds. The maximum Gasteiger partial charge on any atom is 0.245 e. The van der Waals surface area contributed by atoms with Crippen LogP contribution in [0.15, 0.2) is 36.4 Å². The quantitative estimate of drug-likeness (QED) is 0.823. The van der Waals surface area contributed by atoms with E-state index in [-0.39, 0.29) is 17.3 Å². The molecule has 0 radical (unpaired) electrons. The number of rotatable bonds is 5. The van der Waals surface area contributed by atoms with Gasteiger partial charge in [-0.1, -0.05) is 35.3 Å². The van der Waals surface area contributed by atoms with E-state index in [1.807, 2.05) is 26.0 Å². The fourth-order valence-corrected chi connectivity index (χ4v) is 3.39. The van der Waals surface area contributed by atoms with Crippen LogP contribution < -0.4 is 9.62 Å². The summed E-state index contributed by atoms with van der Waals surface area (Å²) in [5.74, 6) is -0.454. The van der Waals surface area contributed by atoms with Gasteiger partial charge in [0, 0.05) is 5.69 Å². The molecule has 5 nitrogen and oxygen atoms in total. The molecule has 2 aromatic carbocycles. The van der Waals surface area contributed by atoms with E-state index in [0.29, 0.717) is 10.7 Å². The second kappa shape index (κ2) is 7.64. The summed E-state index contributed by atoms with van der Waals surface area (Å²) in [5, 5.41) is 3.26. The van der Waals surface area contributed by atoms with Crippen LogP contribution in [0.2, 0.25) is 10.0 Å². The number of amides is 1. The molecule has 0 aliphatic heterocycles. The van der Waals surface area contributed by atoms with Crippen LogP contribution >= 0.6 is 23.2 Å². The third-order valence-electron chi connectivity index (χ3n) is 3.76. The Bertz CT molecular complexity index is 914. The van der Waals surface area contributed by atoms with Crippen molar-refractivity contribution in [2.24, 2.45) is 0 Å². The lowest BCUT2D eigenvalue weighted by molar-refractivity contribution is -0.114. The van der Waals surface area contributed by atoms with E-state index in [2.05, 4.69) is 5.32 Å². The zero-order valence-corrected chi connectivity index (χ0v) is 16.3.